The molecule has 19 heavy (non-hydrogen) atoms. The quantitative estimate of drug-likeness (QED) is 0.638. The van der Waals surface area contributed by atoms with Crippen LogP contribution in [0.5, 0.6) is 0 Å². The smallest absolute Gasteiger partial charge is 0.260 e. The minimum atomic E-state index is -0.627. The summed E-state index contributed by atoms with van der Waals surface area (Å²) in [7, 11) is 0. The van der Waals surface area contributed by atoms with Gasteiger partial charge in [0.25, 0.3) is 11.8 Å². The van der Waals surface area contributed by atoms with E-state index in [1.807, 2.05) is 0 Å². The maximum absolute atomic E-state index is 11.2. The number of carbonyl (C=O) groups excluding carboxylic acids is 2. The van der Waals surface area contributed by atoms with E-state index in [0.717, 1.165) is 16.9 Å². The maximum Gasteiger partial charge on any atom is 0.260 e. The number of nitrogens with two attached hydrogens (primary N) is 2. The van der Waals surface area contributed by atoms with E-state index in [4.69, 9.17) is 16.6 Å². The lowest BCUT2D eigenvalue weighted by Crippen LogP contribution is -2.16. The number of aliphatic hydroxyl groups excluding tert-OH is 1. The van der Waals surface area contributed by atoms with Gasteiger partial charge in [0.15, 0.2) is 0 Å². The van der Waals surface area contributed by atoms with Crippen LogP contribution >= 0.6 is 11.3 Å². The summed E-state index contributed by atoms with van der Waals surface area (Å²) in [6.45, 7) is 1.16. The minimum absolute atomic E-state index is 0.247. The predicted molar refractivity (Wildman–Crippen MR) is 73.0 cm³/mol. The molecule has 0 fully saturated rings. The molecule has 8 heteroatoms. The monoisotopic (exact) mass is 280 g/mol. The molecule has 100 valence electrons. The lowest BCUT2D eigenvalue weighted by atomic mass is 10.1. The van der Waals surface area contributed by atoms with Gasteiger partial charge in [-0.3, -0.25) is 9.59 Å². The zero-order valence-electron chi connectivity index (χ0n) is 10.1. The number of aliphatic hydroxyl groups is 1. The molecule has 0 spiro atoms. The number of nitrogens with zero attached hydrogens (tertiary/aromatic N) is 1. The standard InChI is InChI=1S/C11H12N4O3S/c1-4-2-5(14-6(17)3-16)15-11-7(4)8(12)9(19-11)10(13)18/h2,16H,3,12H2,1H3,(H2,13,18)(H,14,15,17). The fourth-order valence-corrected chi connectivity index (χ4v) is 2.76. The van der Waals surface area contributed by atoms with Crippen LogP contribution in [0.25, 0.3) is 10.2 Å². The average Bonchev–Trinajstić information content (AvgIpc) is 2.67. The molecule has 0 radical (unpaired) electrons. The van der Waals surface area contributed by atoms with E-state index in [0.29, 0.717) is 21.7 Å². The van der Waals surface area contributed by atoms with Crippen LogP contribution in [0.4, 0.5) is 11.5 Å². The van der Waals surface area contributed by atoms with Gasteiger partial charge in [-0.1, -0.05) is 0 Å². The number of amides is 2. The molecule has 0 aliphatic rings. The summed E-state index contributed by atoms with van der Waals surface area (Å²) in [6, 6.07) is 1.61. The van der Waals surface area contributed by atoms with Crippen LogP contribution in [0.15, 0.2) is 6.07 Å². The van der Waals surface area contributed by atoms with Crippen molar-refractivity contribution in [2.24, 2.45) is 5.73 Å². The number of pyridine rings is 1. The van der Waals surface area contributed by atoms with Gasteiger partial charge in [0.1, 0.15) is 22.1 Å². The van der Waals surface area contributed by atoms with Crippen molar-refractivity contribution in [3.8, 4) is 0 Å². The van der Waals surface area contributed by atoms with Crippen LogP contribution < -0.4 is 16.8 Å². The molecule has 0 bridgehead atoms. The van der Waals surface area contributed by atoms with Gasteiger partial charge in [0.05, 0.1) is 5.69 Å². The van der Waals surface area contributed by atoms with Crippen molar-refractivity contribution in [1.29, 1.82) is 0 Å². The Balaban J connectivity index is 2.57. The Kier molecular flexibility index (Phi) is 3.36. The van der Waals surface area contributed by atoms with Gasteiger partial charge in [-0.2, -0.15) is 0 Å². The molecule has 2 rings (SSSR count). The van der Waals surface area contributed by atoms with Gasteiger partial charge >= 0.3 is 0 Å². The topological polar surface area (TPSA) is 131 Å². The van der Waals surface area contributed by atoms with Crippen molar-refractivity contribution in [2.75, 3.05) is 17.7 Å². The molecule has 2 amide bonds. The highest BCUT2D eigenvalue weighted by Gasteiger charge is 2.17. The summed E-state index contributed by atoms with van der Waals surface area (Å²) in [5.74, 6) is -0.881. The second-order valence-electron chi connectivity index (χ2n) is 3.92. The van der Waals surface area contributed by atoms with Crippen LogP contribution in [0.1, 0.15) is 15.2 Å². The van der Waals surface area contributed by atoms with Gasteiger partial charge < -0.3 is 21.9 Å². The van der Waals surface area contributed by atoms with Crippen molar-refractivity contribution in [3.05, 3.63) is 16.5 Å². The lowest BCUT2D eigenvalue weighted by molar-refractivity contribution is -0.118. The molecule has 0 aliphatic carbocycles. The summed E-state index contributed by atoms with van der Waals surface area (Å²) >= 11 is 1.07. The number of aromatic nitrogens is 1. The largest absolute Gasteiger partial charge is 0.397 e. The third kappa shape index (κ3) is 2.35. The summed E-state index contributed by atoms with van der Waals surface area (Å²) in [5, 5.41) is 11.8. The molecule has 0 unspecified atom stereocenters. The van der Waals surface area contributed by atoms with E-state index >= 15 is 0 Å². The van der Waals surface area contributed by atoms with Crippen LogP contribution in [0.2, 0.25) is 0 Å². The summed E-state index contributed by atoms with van der Waals surface area (Å²) in [5.41, 5.74) is 12.2. The number of thiophene rings is 1. The Morgan fingerprint density at radius 2 is 2.21 bits per heavy atom. The Labute approximate surface area is 112 Å². The van der Waals surface area contributed by atoms with Crippen LogP contribution in [0.3, 0.4) is 0 Å². The number of rotatable bonds is 3. The first-order chi connectivity index (χ1) is 8.93. The summed E-state index contributed by atoms with van der Waals surface area (Å²) < 4.78 is 0. The van der Waals surface area contributed by atoms with Crippen molar-refractivity contribution in [2.45, 2.75) is 6.92 Å². The summed E-state index contributed by atoms with van der Waals surface area (Å²) in [4.78, 5) is 27.3. The molecule has 0 aromatic carbocycles. The molecule has 0 saturated carbocycles. The van der Waals surface area contributed by atoms with Crippen molar-refractivity contribution >= 4 is 44.9 Å². The average molecular weight is 280 g/mol. The van der Waals surface area contributed by atoms with Gasteiger partial charge in [0, 0.05) is 5.39 Å². The van der Waals surface area contributed by atoms with E-state index in [2.05, 4.69) is 10.3 Å². The van der Waals surface area contributed by atoms with Gasteiger partial charge in [-0.05, 0) is 18.6 Å². The van der Waals surface area contributed by atoms with Crippen molar-refractivity contribution < 1.29 is 14.7 Å². The Morgan fingerprint density at radius 3 is 2.79 bits per heavy atom. The number of nitrogen functional groups attached to an aromatic ring is 1. The van der Waals surface area contributed by atoms with E-state index in [9.17, 15) is 9.59 Å². The molecule has 2 aromatic rings. The van der Waals surface area contributed by atoms with E-state index in [1.165, 1.54) is 0 Å². The zero-order chi connectivity index (χ0) is 14.2. The molecule has 2 aromatic heterocycles. The highest BCUT2D eigenvalue weighted by atomic mass is 32.1. The second kappa shape index (κ2) is 4.82. The third-order valence-corrected chi connectivity index (χ3v) is 3.64. The first-order valence-electron chi connectivity index (χ1n) is 5.34. The Bertz CT molecular complexity index is 680. The lowest BCUT2D eigenvalue weighted by Gasteiger charge is -2.04. The molecule has 6 N–H and O–H groups in total. The number of anilines is 2. The zero-order valence-corrected chi connectivity index (χ0v) is 10.9. The molecule has 0 aliphatic heterocycles. The Morgan fingerprint density at radius 1 is 1.53 bits per heavy atom. The fraction of sp³-hybridized carbons (Fsp3) is 0.182. The summed E-state index contributed by atoms with van der Waals surface area (Å²) in [6.07, 6.45) is 0. The number of fused-ring (bicyclic) bond motifs is 1. The molecular formula is C11H12N4O3S. The normalized spacial score (nSPS) is 10.6. The van der Waals surface area contributed by atoms with Gasteiger partial charge in [0.2, 0.25) is 0 Å². The van der Waals surface area contributed by atoms with Crippen LogP contribution in [0, 0.1) is 6.92 Å². The van der Waals surface area contributed by atoms with Crippen molar-refractivity contribution in [1.82, 2.24) is 4.98 Å². The number of hydrogen-bond donors (Lipinski definition) is 4. The highest BCUT2D eigenvalue weighted by molar-refractivity contribution is 7.21. The van der Waals surface area contributed by atoms with Gasteiger partial charge in [-0.15, -0.1) is 11.3 Å². The molecule has 0 saturated heterocycles. The van der Waals surface area contributed by atoms with Gasteiger partial charge in [-0.25, -0.2) is 4.98 Å². The maximum atomic E-state index is 11.2. The molecule has 7 nitrogen and oxygen atoms in total. The predicted octanol–water partition coefficient (Wildman–Crippen LogP) is 0.217. The first-order valence-corrected chi connectivity index (χ1v) is 6.15. The Hall–Kier alpha value is -2.19. The number of aryl methyl sites for hydroxylation is 1. The SMILES string of the molecule is Cc1cc(NC(=O)CO)nc2sc(C(N)=O)c(N)c12. The minimum Gasteiger partial charge on any atom is -0.397 e. The number of primary amides is 1. The number of carbonyl (C=O) groups is 2. The fourth-order valence-electron chi connectivity index (χ4n) is 1.74. The molecule has 0 atom stereocenters. The molecule has 2 heterocycles. The van der Waals surface area contributed by atoms with Crippen molar-refractivity contribution in [3.63, 3.8) is 0 Å². The van der Waals surface area contributed by atoms with Crippen LogP contribution in [-0.4, -0.2) is 28.5 Å². The van der Waals surface area contributed by atoms with E-state index in [1.54, 1.807) is 13.0 Å². The second-order valence-corrected chi connectivity index (χ2v) is 4.92. The highest BCUT2D eigenvalue weighted by Crippen LogP contribution is 2.35. The number of nitrogens with one attached hydrogen (secondary N) is 1. The van der Waals surface area contributed by atoms with E-state index in [-0.39, 0.29) is 4.88 Å². The first kappa shape index (κ1) is 13.2. The van der Waals surface area contributed by atoms with Crippen LogP contribution in [-0.2, 0) is 4.79 Å². The number of hydrogen-bond acceptors (Lipinski definition) is 6. The van der Waals surface area contributed by atoms with E-state index < -0.39 is 18.4 Å². The third-order valence-electron chi connectivity index (χ3n) is 2.53. The molecular weight excluding hydrogens is 268 g/mol.